The van der Waals surface area contributed by atoms with Crippen molar-refractivity contribution in [1.29, 1.82) is 0 Å². The summed E-state index contributed by atoms with van der Waals surface area (Å²) in [5.41, 5.74) is 2.09. The van der Waals surface area contributed by atoms with Crippen molar-refractivity contribution < 1.29 is 29.0 Å². The van der Waals surface area contributed by atoms with Gasteiger partial charge in [-0.3, -0.25) is 14.5 Å². The van der Waals surface area contributed by atoms with E-state index in [1.807, 2.05) is 6.92 Å². The summed E-state index contributed by atoms with van der Waals surface area (Å²) in [7, 11) is 0. The summed E-state index contributed by atoms with van der Waals surface area (Å²) in [5, 5.41) is 12.0. The van der Waals surface area contributed by atoms with Gasteiger partial charge >= 0.3 is 11.9 Å². The molecule has 0 saturated carbocycles. The number of aliphatic hydroxyl groups is 1. The average molecular weight is 551 g/mol. The second kappa shape index (κ2) is 10.1. The van der Waals surface area contributed by atoms with Crippen molar-refractivity contribution in [3.63, 3.8) is 0 Å². The zero-order valence-corrected chi connectivity index (χ0v) is 22.1. The normalized spacial score (nSPS) is 19.8. The summed E-state index contributed by atoms with van der Waals surface area (Å²) in [5.74, 6) is -1.94. The van der Waals surface area contributed by atoms with Gasteiger partial charge in [0.1, 0.15) is 29.1 Å². The molecule has 8 nitrogen and oxygen atoms in total. The van der Waals surface area contributed by atoms with Crippen LogP contribution in [-0.4, -0.2) is 40.5 Å². The Bertz CT molecular complexity index is 1510. The number of ketones is 1. The van der Waals surface area contributed by atoms with Crippen LogP contribution in [0.1, 0.15) is 45.0 Å². The number of hydrogen-bond acceptors (Lipinski definition) is 8. The molecular formula is C28H23ClN2O6S. The fourth-order valence-electron chi connectivity index (χ4n) is 4.59. The lowest BCUT2D eigenvalue weighted by atomic mass is 9.94. The number of carbonyl (C=O) groups excluding carboxylic acids is 3. The minimum Gasteiger partial charge on any atom is -0.507 e. The van der Waals surface area contributed by atoms with Gasteiger partial charge in [-0.25, -0.2) is 9.78 Å². The summed E-state index contributed by atoms with van der Waals surface area (Å²) >= 11 is 7.04. The predicted octanol–water partition coefficient (Wildman–Crippen LogP) is 5.40. The molecule has 2 aliphatic rings. The summed E-state index contributed by atoms with van der Waals surface area (Å²) in [6, 6.07) is 10.8. The van der Waals surface area contributed by atoms with Crippen LogP contribution in [0.25, 0.3) is 5.76 Å². The number of fused-ring (bicyclic) bond motifs is 1. The third-order valence-corrected chi connectivity index (χ3v) is 7.70. The van der Waals surface area contributed by atoms with Crippen molar-refractivity contribution in [1.82, 2.24) is 4.98 Å². The smallest absolute Gasteiger partial charge is 0.350 e. The maximum absolute atomic E-state index is 13.4. The largest absolute Gasteiger partial charge is 0.507 e. The van der Waals surface area contributed by atoms with Crippen LogP contribution in [0.15, 0.2) is 60.7 Å². The highest BCUT2D eigenvalue weighted by atomic mass is 35.5. The van der Waals surface area contributed by atoms with Crippen LogP contribution >= 0.6 is 22.9 Å². The molecule has 3 heterocycles. The second-order valence-electron chi connectivity index (χ2n) is 8.97. The Balaban J connectivity index is 1.64. The van der Waals surface area contributed by atoms with Gasteiger partial charge < -0.3 is 14.6 Å². The molecule has 0 aliphatic carbocycles. The number of ether oxygens (including phenoxy) is 2. The zero-order chi connectivity index (χ0) is 27.1. The third kappa shape index (κ3) is 4.48. The Morgan fingerprint density at radius 2 is 2.03 bits per heavy atom. The molecule has 38 heavy (non-hydrogen) atoms. The van der Waals surface area contributed by atoms with E-state index >= 15 is 0 Å². The number of hydrogen-bond donors (Lipinski definition) is 1. The number of halogens is 1. The molecule has 0 radical (unpaired) electrons. The lowest BCUT2D eigenvalue weighted by molar-refractivity contribution is -0.132. The lowest BCUT2D eigenvalue weighted by Gasteiger charge is -2.23. The Morgan fingerprint density at radius 1 is 1.29 bits per heavy atom. The molecule has 10 heteroatoms. The first-order chi connectivity index (χ1) is 18.2. The van der Waals surface area contributed by atoms with Crippen molar-refractivity contribution in [3.8, 4) is 5.75 Å². The maximum Gasteiger partial charge on any atom is 0.350 e. The first-order valence-electron chi connectivity index (χ1n) is 11.8. The van der Waals surface area contributed by atoms with Crippen molar-refractivity contribution >= 4 is 51.5 Å². The van der Waals surface area contributed by atoms with Gasteiger partial charge in [-0.05, 0) is 55.3 Å². The van der Waals surface area contributed by atoms with E-state index in [1.54, 1.807) is 49.4 Å². The van der Waals surface area contributed by atoms with E-state index in [-0.39, 0.29) is 34.1 Å². The molecule has 0 bridgehead atoms. The van der Waals surface area contributed by atoms with Gasteiger partial charge in [0.15, 0.2) is 5.13 Å². The number of aryl methyl sites for hydroxylation is 1. The number of amides is 1. The van der Waals surface area contributed by atoms with Gasteiger partial charge in [0.2, 0.25) is 0 Å². The number of carbonyl (C=O) groups is 3. The summed E-state index contributed by atoms with van der Waals surface area (Å²) in [6.07, 6.45) is 2.11. The Hall–Kier alpha value is -3.95. The summed E-state index contributed by atoms with van der Waals surface area (Å²) in [4.78, 5) is 45.2. The highest BCUT2D eigenvalue weighted by Crippen LogP contribution is 2.44. The highest BCUT2D eigenvalue weighted by Gasteiger charge is 2.48. The number of Topliss-reactive ketones (excluding diaryl/α,β-unsaturated/α-hetero) is 1. The molecule has 194 valence electrons. The van der Waals surface area contributed by atoms with Gasteiger partial charge in [-0.1, -0.05) is 47.7 Å². The van der Waals surface area contributed by atoms with Crippen molar-refractivity contribution in [2.45, 2.75) is 32.4 Å². The molecule has 1 saturated heterocycles. The van der Waals surface area contributed by atoms with Gasteiger partial charge in [-0.2, -0.15) is 0 Å². The Labute approximate surface area is 227 Å². The van der Waals surface area contributed by atoms with E-state index < -0.39 is 23.7 Å². The molecule has 1 aromatic heterocycles. The lowest BCUT2D eigenvalue weighted by Crippen LogP contribution is -2.29. The second-order valence-corrected chi connectivity index (χ2v) is 10.4. The minimum atomic E-state index is -1.00. The molecule has 0 spiro atoms. The number of esters is 1. The van der Waals surface area contributed by atoms with Crippen molar-refractivity contribution in [3.05, 3.63) is 93.0 Å². The van der Waals surface area contributed by atoms with Crippen LogP contribution in [0.5, 0.6) is 5.75 Å². The molecule has 2 unspecified atom stereocenters. The fraction of sp³-hybridized carbons (Fsp3) is 0.214. The summed E-state index contributed by atoms with van der Waals surface area (Å²) < 4.78 is 10.9. The number of anilines is 1. The van der Waals surface area contributed by atoms with E-state index in [4.69, 9.17) is 21.1 Å². The number of thiazole rings is 1. The molecule has 1 fully saturated rings. The zero-order valence-electron chi connectivity index (χ0n) is 20.6. The Morgan fingerprint density at radius 3 is 2.74 bits per heavy atom. The molecule has 5 rings (SSSR count). The van der Waals surface area contributed by atoms with Crippen molar-refractivity contribution in [2.24, 2.45) is 0 Å². The Kier molecular flexibility index (Phi) is 6.81. The molecule has 2 aromatic carbocycles. The predicted molar refractivity (Wildman–Crippen MR) is 144 cm³/mol. The number of rotatable bonds is 6. The van der Waals surface area contributed by atoms with Crippen molar-refractivity contribution in [2.75, 3.05) is 11.5 Å². The van der Waals surface area contributed by atoms with E-state index in [9.17, 15) is 19.5 Å². The quantitative estimate of drug-likeness (QED) is 0.144. The van der Waals surface area contributed by atoms with Gasteiger partial charge in [0, 0.05) is 17.0 Å². The first-order valence-corrected chi connectivity index (χ1v) is 13.0. The van der Waals surface area contributed by atoms with Crippen LogP contribution in [0, 0.1) is 6.92 Å². The molecule has 2 atom stereocenters. The van der Waals surface area contributed by atoms with Gasteiger partial charge in [0.25, 0.3) is 5.78 Å². The SMILES string of the molecule is C=CCOC(=O)c1sc(N2C(=O)C(=O)/C(=C(/O)c3ccc4c(c3)CC(C)O4)C2c2ccc(Cl)cc2)nc1C. The van der Waals surface area contributed by atoms with Crippen LogP contribution in [0.4, 0.5) is 5.13 Å². The van der Waals surface area contributed by atoms with E-state index in [2.05, 4.69) is 11.6 Å². The van der Waals surface area contributed by atoms with Gasteiger partial charge in [-0.15, -0.1) is 0 Å². The van der Waals surface area contributed by atoms with Crippen LogP contribution in [0.2, 0.25) is 5.02 Å². The van der Waals surface area contributed by atoms with Gasteiger partial charge in [0.05, 0.1) is 17.3 Å². The van der Waals surface area contributed by atoms with Crippen LogP contribution in [0.3, 0.4) is 0 Å². The summed E-state index contributed by atoms with van der Waals surface area (Å²) in [6.45, 7) is 7.12. The number of nitrogens with zero attached hydrogens (tertiary/aromatic N) is 2. The topological polar surface area (TPSA) is 106 Å². The maximum atomic E-state index is 13.4. The monoisotopic (exact) mass is 550 g/mol. The standard InChI is InChI=1S/C28H23ClN2O6S/c1-4-11-36-27(35)25-15(3)30-28(38-25)31-22(16-5-8-19(29)9-6-16)21(24(33)26(31)34)23(32)17-7-10-20-18(13-17)12-14(2)37-20/h4-10,13-14,22,32H,1,11-12H2,2-3H3/b23-21+. The molecule has 3 aromatic rings. The average Bonchev–Trinajstić information content (AvgIpc) is 3.54. The van der Waals surface area contributed by atoms with Crippen LogP contribution < -0.4 is 9.64 Å². The number of aliphatic hydroxyl groups excluding tert-OH is 1. The van der Waals surface area contributed by atoms with E-state index in [0.717, 1.165) is 22.6 Å². The molecule has 1 N–H and O–H groups in total. The third-order valence-electron chi connectivity index (χ3n) is 6.31. The molecular weight excluding hydrogens is 528 g/mol. The minimum absolute atomic E-state index is 0.00236. The number of benzene rings is 2. The first kappa shape index (κ1) is 25.7. The van der Waals surface area contributed by atoms with E-state index in [1.165, 1.54) is 11.0 Å². The molecule has 2 aliphatic heterocycles. The highest BCUT2D eigenvalue weighted by molar-refractivity contribution is 7.17. The van der Waals surface area contributed by atoms with E-state index in [0.29, 0.717) is 28.3 Å². The molecule has 1 amide bonds. The number of aromatic nitrogens is 1. The van der Waals surface area contributed by atoms with Crippen LogP contribution in [-0.2, 0) is 20.7 Å². The fourth-order valence-corrected chi connectivity index (χ4v) is 5.70.